The number of amides is 2. The Morgan fingerprint density at radius 3 is 2.58 bits per heavy atom. The Kier molecular flexibility index (Phi) is 6.78. The summed E-state index contributed by atoms with van der Waals surface area (Å²) < 4.78 is 19.0. The average molecular weight is 536 g/mol. The van der Waals surface area contributed by atoms with Gasteiger partial charge in [-0.3, -0.25) is 9.59 Å². The molecule has 1 atom stereocenters. The maximum atomic E-state index is 13.6. The number of anilines is 1. The van der Waals surface area contributed by atoms with E-state index >= 15 is 0 Å². The van der Waals surface area contributed by atoms with Gasteiger partial charge in [-0.1, -0.05) is 23.2 Å². The monoisotopic (exact) mass is 535 g/mol. The Morgan fingerprint density at radius 1 is 1.08 bits per heavy atom. The molecule has 7 nitrogen and oxygen atoms in total. The quantitative estimate of drug-likeness (QED) is 0.503. The molecule has 1 aliphatic heterocycles. The van der Waals surface area contributed by atoms with Crippen LogP contribution in [-0.4, -0.2) is 53.8 Å². The molecule has 0 radical (unpaired) electrons. The molecule has 0 unspecified atom stereocenters. The number of carbonyl (C=O) groups excluding carboxylic acids is 2. The predicted molar refractivity (Wildman–Crippen MR) is 135 cm³/mol. The molecule has 6 rings (SSSR count). The van der Waals surface area contributed by atoms with Crippen LogP contribution in [0.2, 0.25) is 10.0 Å². The van der Waals surface area contributed by atoms with Crippen molar-refractivity contribution in [2.45, 2.75) is 55.7 Å². The minimum atomic E-state index is -0.799. The minimum Gasteiger partial charge on any atom is -0.484 e. The first-order valence-corrected chi connectivity index (χ1v) is 12.8. The second-order valence-electron chi connectivity index (χ2n) is 10.1. The largest absolute Gasteiger partial charge is 0.484 e. The second kappa shape index (κ2) is 9.72. The number of nitrogens with one attached hydrogen (secondary N) is 2. The van der Waals surface area contributed by atoms with E-state index in [0.29, 0.717) is 37.1 Å². The molecule has 3 saturated carbocycles. The molecule has 0 spiro atoms. The highest BCUT2D eigenvalue weighted by Crippen LogP contribution is 2.47. The van der Waals surface area contributed by atoms with Crippen LogP contribution in [0, 0.1) is 5.82 Å². The van der Waals surface area contributed by atoms with Crippen LogP contribution in [-0.2, 0) is 16.0 Å². The van der Waals surface area contributed by atoms with Crippen LogP contribution in [0.15, 0.2) is 36.4 Å². The molecule has 192 valence electrons. The molecular weight excluding hydrogens is 508 g/mol. The van der Waals surface area contributed by atoms with Gasteiger partial charge in [0.2, 0.25) is 5.91 Å². The predicted octanol–water partition coefficient (Wildman–Crippen LogP) is 3.62. The van der Waals surface area contributed by atoms with Crippen LogP contribution >= 0.6 is 23.2 Å². The molecular formula is C26H28Cl2FN3O4. The highest BCUT2D eigenvalue weighted by atomic mass is 35.5. The molecule has 3 fully saturated rings. The molecule has 4 aliphatic rings. The zero-order valence-electron chi connectivity index (χ0n) is 19.7. The summed E-state index contributed by atoms with van der Waals surface area (Å²) in [6.45, 7) is 0.704. The van der Waals surface area contributed by atoms with Crippen LogP contribution in [0.5, 0.6) is 5.75 Å². The highest BCUT2D eigenvalue weighted by Gasteiger charge is 2.55. The van der Waals surface area contributed by atoms with E-state index in [1.54, 1.807) is 0 Å². The van der Waals surface area contributed by atoms with E-state index in [0.717, 1.165) is 30.3 Å². The van der Waals surface area contributed by atoms with Crippen LogP contribution in [0.25, 0.3) is 0 Å². The number of nitrogens with zero attached hydrogens (tertiary/aromatic N) is 1. The van der Waals surface area contributed by atoms with Crippen molar-refractivity contribution < 1.29 is 23.8 Å². The van der Waals surface area contributed by atoms with E-state index < -0.39 is 28.9 Å². The lowest BCUT2D eigenvalue weighted by Gasteiger charge is -2.56. The first kappa shape index (κ1) is 25.1. The second-order valence-corrected chi connectivity index (χ2v) is 10.9. The number of hydrogen-bond donors (Lipinski definition) is 3. The summed E-state index contributed by atoms with van der Waals surface area (Å²) in [7, 11) is 0. The van der Waals surface area contributed by atoms with Crippen molar-refractivity contribution in [3.63, 3.8) is 0 Å². The number of rotatable bonds is 7. The van der Waals surface area contributed by atoms with Crippen molar-refractivity contribution in [2.24, 2.45) is 0 Å². The standard InChI is InChI=1S/C26H28Cl2FN3O4/c27-17-1-4-21-16(11-17)5-10-32(21)14-23(34)30-25-6-8-26(9-7-25,22(33)13-25)31-24(35)15-36-18-2-3-19(28)20(29)12-18/h1-4,11-12,22,33H,5-10,13-15H2,(H,30,34)(H,31,35)/t22-,25?,26?/m0/s1. The van der Waals surface area contributed by atoms with Crippen molar-refractivity contribution in [3.8, 4) is 5.75 Å². The zero-order valence-corrected chi connectivity index (χ0v) is 21.2. The van der Waals surface area contributed by atoms with Crippen LogP contribution in [0.4, 0.5) is 10.1 Å². The molecule has 2 bridgehead atoms. The average Bonchev–Trinajstić information content (AvgIpc) is 3.22. The van der Waals surface area contributed by atoms with Crippen molar-refractivity contribution in [1.29, 1.82) is 0 Å². The molecule has 2 aromatic carbocycles. The zero-order chi connectivity index (χ0) is 25.5. The Balaban J connectivity index is 1.14. The van der Waals surface area contributed by atoms with Gasteiger partial charge in [0.15, 0.2) is 6.61 Å². The number of ether oxygens (including phenoxy) is 1. The lowest BCUT2D eigenvalue weighted by molar-refractivity contribution is -0.135. The molecule has 1 heterocycles. The summed E-state index contributed by atoms with van der Waals surface area (Å²) in [4.78, 5) is 27.6. The first-order valence-electron chi connectivity index (χ1n) is 12.1. The van der Waals surface area contributed by atoms with E-state index in [4.69, 9.17) is 27.9 Å². The summed E-state index contributed by atoms with van der Waals surface area (Å²) >= 11 is 11.8. The Morgan fingerprint density at radius 2 is 1.86 bits per heavy atom. The normalized spacial score (nSPS) is 26.4. The van der Waals surface area contributed by atoms with E-state index in [-0.39, 0.29) is 29.8 Å². The van der Waals surface area contributed by atoms with Gasteiger partial charge in [-0.15, -0.1) is 0 Å². The molecule has 3 aliphatic carbocycles. The Bertz CT molecular complexity index is 1190. The highest BCUT2D eigenvalue weighted by molar-refractivity contribution is 6.31. The third-order valence-corrected chi connectivity index (χ3v) is 8.28. The number of benzene rings is 2. The van der Waals surface area contributed by atoms with E-state index in [2.05, 4.69) is 15.5 Å². The van der Waals surface area contributed by atoms with Crippen molar-refractivity contribution in [3.05, 3.63) is 57.8 Å². The third-order valence-electron chi connectivity index (χ3n) is 7.74. The van der Waals surface area contributed by atoms with Gasteiger partial charge >= 0.3 is 0 Å². The summed E-state index contributed by atoms with van der Waals surface area (Å²) in [5, 5.41) is 17.8. The molecule has 36 heavy (non-hydrogen) atoms. The fraction of sp³-hybridized carbons (Fsp3) is 0.462. The van der Waals surface area contributed by atoms with Crippen molar-refractivity contribution in [2.75, 3.05) is 24.6 Å². The van der Waals surface area contributed by atoms with Gasteiger partial charge in [-0.05, 0) is 74.4 Å². The fourth-order valence-electron chi connectivity index (χ4n) is 5.80. The first-order chi connectivity index (χ1) is 17.2. The molecule has 2 amide bonds. The maximum Gasteiger partial charge on any atom is 0.258 e. The minimum absolute atomic E-state index is 0.0241. The molecule has 0 saturated heterocycles. The van der Waals surface area contributed by atoms with Crippen molar-refractivity contribution >= 4 is 40.7 Å². The molecule has 2 aromatic rings. The van der Waals surface area contributed by atoms with Gasteiger partial charge < -0.3 is 25.4 Å². The van der Waals surface area contributed by atoms with Crippen LogP contribution < -0.4 is 20.3 Å². The van der Waals surface area contributed by atoms with E-state index in [1.165, 1.54) is 12.1 Å². The maximum absolute atomic E-state index is 13.6. The van der Waals surface area contributed by atoms with E-state index in [9.17, 15) is 19.1 Å². The number of halogens is 3. The van der Waals surface area contributed by atoms with Crippen LogP contribution in [0.3, 0.4) is 0 Å². The van der Waals surface area contributed by atoms with Gasteiger partial charge in [0.1, 0.15) is 11.6 Å². The van der Waals surface area contributed by atoms with Gasteiger partial charge in [-0.25, -0.2) is 4.39 Å². The Labute approximate surface area is 218 Å². The summed E-state index contributed by atoms with van der Waals surface area (Å²) in [5.74, 6) is -0.898. The number of hydrogen-bond acceptors (Lipinski definition) is 5. The molecule has 0 aromatic heterocycles. The number of aliphatic hydroxyl groups is 1. The third kappa shape index (κ3) is 4.99. The summed E-state index contributed by atoms with van der Waals surface area (Å²) in [5.41, 5.74) is 0.934. The van der Waals surface area contributed by atoms with Gasteiger partial charge in [0, 0.05) is 28.9 Å². The number of fused-ring (bicyclic) bond motifs is 4. The van der Waals surface area contributed by atoms with E-state index in [1.807, 2.05) is 18.2 Å². The van der Waals surface area contributed by atoms with Gasteiger partial charge in [0.05, 0.1) is 23.2 Å². The van der Waals surface area contributed by atoms with Crippen molar-refractivity contribution in [1.82, 2.24) is 10.6 Å². The fourth-order valence-corrected chi connectivity index (χ4v) is 6.11. The lowest BCUT2D eigenvalue weighted by Crippen LogP contribution is -2.70. The van der Waals surface area contributed by atoms with Gasteiger partial charge in [0.25, 0.3) is 5.91 Å². The molecule has 3 N–H and O–H groups in total. The molecule has 10 heteroatoms. The smallest absolute Gasteiger partial charge is 0.258 e. The SMILES string of the molecule is O=C(CN1CCc2cc(Cl)ccc21)NC12CCC(NC(=O)COc3ccc(Cl)c(F)c3)(CC1)[C@@H](O)C2. The lowest BCUT2D eigenvalue weighted by atomic mass is 9.60. The summed E-state index contributed by atoms with van der Waals surface area (Å²) in [6, 6.07) is 9.70. The Hall–Kier alpha value is -2.55. The topological polar surface area (TPSA) is 90.9 Å². The summed E-state index contributed by atoms with van der Waals surface area (Å²) in [6.07, 6.45) is 2.82. The van der Waals surface area contributed by atoms with Crippen LogP contribution in [0.1, 0.15) is 37.7 Å². The number of carbonyl (C=O) groups is 2. The number of aliphatic hydroxyl groups excluding tert-OH is 1. The van der Waals surface area contributed by atoms with Gasteiger partial charge in [-0.2, -0.15) is 0 Å².